The van der Waals surface area contributed by atoms with Crippen LogP contribution in [0.4, 0.5) is 24.5 Å². The summed E-state index contributed by atoms with van der Waals surface area (Å²) < 4.78 is 40.6. The van der Waals surface area contributed by atoms with Crippen LogP contribution in [0.5, 0.6) is 0 Å². The van der Waals surface area contributed by atoms with Crippen LogP contribution in [0.15, 0.2) is 24.3 Å². The molecule has 0 saturated heterocycles. The van der Waals surface area contributed by atoms with Crippen molar-refractivity contribution in [3.8, 4) is 0 Å². The number of para-hydroxylation sites is 2. The summed E-state index contributed by atoms with van der Waals surface area (Å²) in [7, 11) is 1.44. The highest BCUT2D eigenvalue weighted by atomic mass is 19.4. The largest absolute Gasteiger partial charge is 0.481 e. The molecular formula is C16H18F3N3O4. The highest BCUT2D eigenvalue weighted by Crippen LogP contribution is 2.37. The first kappa shape index (κ1) is 19.7. The van der Waals surface area contributed by atoms with Crippen molar-refractivity contribution in [2.75, 3.05) is 30.4 Å². The molecule has 1 aromatic carbocycles. The molecule has 0 spiro atoms. The van der Waals surface area contributed by atoms with E-state index in [-0.39, 0.29) is 24.3 Å². The van der Waals surface area contributed by atoms with Gasteiger partial charge in [-0.3, -0.25) is 24.2 Å². The van der Waals surface area contributed by atoms with Gasteiger partial charge in [0.15, 0.2) is 0 Å². The molecule has 26 heavy (non-hydrogen) atoms. The van der Waals surface area contributed by atoms with Crippen molar-refractivity contribution in [3.63, 3.8) is 0 Å². The number of carbonyl (C=O) groups excluding carboxylic acids is 2. The molecule has 0 bridgehead atoms. The third kappa shape index (κ3) is 4.72. The number of nitrogens with zero attached hydrogens (tertiary/aromatic N) is 2. The van der Waals surface area contributed by atoms with Gasteiger partial charge in [0.25, 0.3) is 0 Å². The van der Waals surface area contributed by atoms with E-state index in [0.717, 1.165) is 0 Å². The molecule has 2 amide bonds. The van der Waals surface area contributed by atoms with E-state index in [0.29, 0.717) is 4.90 Å². The maximum atomic E-state index is 13.5. The number of benzene rings is 1. The van der Waals surface area contributed by atoms with E-state index in [1.54, 1.807) is 0 Å². The van der Waals surface area contributed by atoms with Crippen LogP contribution in [-0.2, 0) is 14.4 Å². The molecule has 2 N–H and O–H groups in total. The van der Waals surface area contributed by atoms with Crippen molar-refractivity contribution < 1.29 is 32.7 Å². The fourth-order valence-electron chi connectivity index (χ4n) is 2.67. The van der Waals surface area contributed by atoms with Crippen LogP contribution >= 0.6 is 0 Å². The molecule has 0 saturated carbocycles. The number of anilines is 2. The van der Waals surface area contributed by atoms with Gasteiger partial charge in [0.05, 0.1) is 30.8 Å². The number of rotatable bonds is 5. The molecule has 2 rings (SSSR count). The zero-order chi connectivity index (χ0) is 19.5. The van der Waals surface area contributed by atoms with Crippen LogP contribution in [0.25, 0.3) is 0 Å². The number of carboxylic acids is 1. The zero-order valence-corrected chi connectivity index (χ0v) is 13.9. The van der Waals surface area contributed by atoms with Gasteiger partial charge in [0, 0.05) is 6.54 Å². The predicted octanol–water partition coefficient (Wildman–Crippen LogP) is 1.70. The number of halogens is 3. The molecule has 0 fully saturated rings. The summed E-state index contributed by atoms with van der Waals surface area (Å²) in [6.07, 6.45) is -5.96. The number of hydrogen-bond acceptors (Lipinski definition) is 4. The number of aliphatic carboxylic acids is 1. The van der Waals surface area contributed by atoms with Crippen molar-refractivity contribution in [1.82, 2.24) is 4.90 Å². The Balaban J connectivity index is 2.34. The second kappa shape index (κ2) is 7.73. The molecule has 1 aromatic rings. The molecule has 1 heterocycles. The predicted molar refractivity (Wildman–Crippen MR) is 86.8 cm³/mol. The fraction of sp³-hybridized carbons (Fsp3) is 0.438. The second-order valence-electron chi connectivity index (χ2n) is 5.97. The van der Waals surface area contributed by atoms with Crippen LogP contribution in [-0.4, -0.2) is 60.1 Å². The molecule has 0 aliphatic carbocycles. The first-order chi connectivity index (χ1) is 12.1. The van der Waals surface area contributed by atoms with E-state index in [9.17, 15) is 27.6 Å². The van der Waals surface area contributed by atoms with Crippen LogP contribution in [0.1, 0.15) is 12.8 Å². The van der Waals surface area contributed by atoms with Gasteiger partial charge in [-0.1, -0.05) is 12.1 Å². The van der Waals surface area contributed by atoms with E-state index in [1.165, 1.54) is 36.2 Å². The lowest BCUT2D eigenvalue weighted by Gasteiger charge is -2.32. The average Bonchev–Trinajstić information content (AvgIpc) is 2.68. The molecule has 142 valence electrons. The minimum Gasteiger partial charge on any atom is -0.481 e. The minimum absolute atomic E-state index is 0.00439. The maximum Gasteiger partial charge on any atom is 0.409 e. The first-order valence-corrected chi connectivity index (χ1v) is 7.77. The van der Waals surface area contributed by atoms with E-state index in [2.05, 4.69) is 5.32 Å². The number of fused-ring (bicyclic) bond motifs is 1. The van der Waals surface area contributed by atoms with Gasteiger partial charge in [-0.2, -0.15) is 13.2 Å². The number of nitrogens with one attached hydrogen (secondary N) is 1. The molecule has 1 aliphatic heterocycles. The summed E-state index contributed by atoms with van der Waals surface area (Å²) in [6, 6.07) is 3.45. The highest BCUT2D eigenvalue weighted by Gasteiger charge is 2.49. The molecule has 0 radical (unpaired) electrons. The van der Waals surface area contributed by atoms with E-state index in [4.69, 9.17) is 5.11 Å². The van der Waals surface area contributed by atoms with E-state index >= 15 is 0 Å². The van der Waals surface area contributed by atoms with Crippen LogP contribution in [0.3, 0.4) is 0 Å². The van der Waals surface area contributed by atoms with Crippen molar-refractivity contribution in [3.05, 3.63) is 24.3 Å². The lowest BCUT2D eigenvalue weighted by atomic mass is 10.1. The summed E-state index contributed by atoms with van der Waals surface area (Å²) in [5, 5.41) is 11.1. The monoisotopic (exact) mass is 373 g/mol. The van der Waals surface area contributed by atoms with Crippen molar-refractivity contribution in [1.29, 1.82) is 0 Å². The SMILES string of the molecule is CN(CCC(=O)O)CC(=O)N1c2ccccc2NC(=O)CC1C(F)(F)F. The Morgan fingerprint density at radius 2 is 2.00 bits per heavy atom. The minimum atomic E-state index is -4.80. The molecule has 10 heteroatoms. The van der Waals surface area contributed by atoms with Crippen molar-refractivity contribution >= 4 is 29.2 Å². The Kier molecular flexibility index (Phi) is 5.86. The van der Waals surface area contributed by atoms with Crippen LogP contribution < -0.4 is 10.2 Å². The number of hydrogen-bond donors (Lipinski definition) is 2. The van der Waals surface area contributed by atoms with Gasteiger partial charge >= 0.3 is 12.1 Å². The van der Waals surface area contributed by atoms with Gasteiger partial charge in [-0.05, 0) is 19.2 Å². The number of likely N-dealkylation sites (N-methyl/N-ethyl adjacent to an activating group) is 1. The standard InChI is InChI=1S/C16H18F3N3O4/c1-21(7-6-15(25)26)9-14(24)22-11-5-3-2-4-10(11)20-13(23)8-12(22)16(17,18)19/h2-5,12H,6-9H2,1H3,(H,20,23)(H,25,26). The second-order valence-corrected chi connectivity index (χ2v) is 5.97. The van der Waals surface area contributed by atoms with E-state index in [1.807, 2.05) is 0 Å². The summed E-state index contributed by atoms with van der Waals surface area (Å²) in [5.74, 6) is -2.79. The lowest BCUT2D eigenvalue weighted by Crippen LogP contribution is -2.52. The quantitative estimate of drug-likeness (QED) is 0.820. The lowest BCUT2D eigenvalue weighted by molar-refractivity contribution is -0.158. The number of carbonyl (C=O) groups is 3. The first-order valence-electron chi connectivity index (χ1n) is 7.77. The fourth-order valence-corrected chi connectivity index (χ4v) is 2.67. The average molecular weight is 373 g/mol. The number of amides is 2. The molecule has 1 atom stereocenters. The Bertz CT molecular complexity index is 708. The molecular weight excluding hydrogens is 355 g/mol. The number of alkyl halides is 3. The Hall–Kier alpha value is -2.62. The summed E-state index contributed by atoms with van der Waals surface area (Å²) in [5.41, 5.74) is 0.0723. The summed E-state index contributed by atoms with van der Waals surface area (Å²) >= 11 is 0. The maximum absolute atomic E-state index is 13.5. The third-order valence-corrected chi connectivity index (χ3v) is 3.89. The van der Waals surface area contributed by atoms with Crippen LogP contribution in [0, 0.1) is 0 Å². The normalized spacial score (nSPS) is 17.5. The Morgan fingerprint density at radius 1 is 1.35 bits per heavy atom. The van der Waals surface area contributed by atoms with Gasteiger partial charge in [-0.25, -0.2) is 0 Å². The molecule has 0 aromatic heterocycles. The summed E-state index contributed by atoms with van der Waals surface area (Å²) in [4.78, 5) is 37.0. The van der Waals surface area contributed by atoms with Crippen molar-refractivity contribution in [2.24, 2.45) is 0 Å². The van der Waals surface area contributed by atoms with Crippen molar-refractivity contribution in [2.45, 2.75) is 25.1 Å². The van der Waals surface area contributed by atoms with Gasteiger partial charge in [-0.15, -0.1) is 0 Å². The highest BCUT2D eigenvalue weighted by molar-refractivity contribution is 6.05. The molecule has 1 aliphatic rings. The van der Waals surface area contributed by atoms with Crippen LogP contribution in [0.2, 0.25) is 0 Å². The topological polar surface area (TPSA) is 90.0 Å². The zero-order valence-electron chi connectivity index (χ0n) is 13.9. The van der Waals surface area contributed by atoms with E-state index < -0.39 is 43.0 Å². The summed E-state index contributed by atoms with van der Waals surface area (Å²) in [6.45, 7) is -0.410. The molecule has 1 unspecified atom stereocenters. The van der Waals surface area contributed by atoms with Gasteiger partial charge in [0.1, 0.15) is 6.04 Å². The number of carboxylic acid groups (broad SMARTS) is 1. The Morgan fingerprint density at radius 3 is 2.62 bits per heavy atom. The smallest absolute Gasteiger partial charge is 0.409 e. The van der Waals surface area contributed by atoms with Gasteiger partial charge in [0.2, 0.25) is 11.8 Å². The third-order valence-electron chi connectivity index (χ3n) is 3.89. The molecule has 7 nitrogen and oxygen atoms in total. The van der Waals surface area contributed by atoms with Gasteiger partial charge < -0.3 is 10.4 Å². The Labute approximate surface area is 147 Å².